The molecule has 0 aromatic heterocycles. The standard InChI is InChI=1S/C22H42N4O7S4/c1-13(30)18(14(2)36-9-6-28)26-21(32)17(12-35-8-5-27)25-20(31)16(11-34)24-22(33)19(23-4)15(3)37-10-7-29/h14-19,23,27-29,34H,5-12H2,1-4H3,(H,24,33)(H,25,31)(H,26,32). The Hall–Kier alpha value is -0.680. The normalized spacial score (nSPS) is 16.1. The molecule has 0 aliphatic heterocycles. The van der Waals surface area contributed by atoms with Gasteiger partial charge >= 0.3 is 0 Å². The van der Waals surface area contributed by atoms with E-state index in [2.05, 4.69) is 33.9 Å². The lowest BCUT2D eigenvalue weighted by molar-refractivity contribution is -0.132. The van der Waals surface area contributed by atoms with Gasteiger partial charge in [0, 0.05) is 39.3 Å². The van der Waals surface area contributed by atoms with Crippen LogP contribution in [0.1, 0.15) is 20.8 Å². The van der Waals surface area contributed by atoms with Gasteiger partial charge in [-0.3, -0.25) is 19.2 Å². The molecule has 15 heteroatoms. The fourth-order valence-electron chi connectivity index (χ4n) is 3.23. The minimum Gasteiger partial charge on any atom is -0.396 e. The molecule has 3 amide bonds. The lowest BCUT2D eigenvalue weighted by atomic mass is 10.1. The van der Waals surface area contributed by atoms with Crippen LogP contribution in [0.2, 0.25) is 0 Å². The molecular weight excluding hydrogens is 561 g/mol. The van der Waals surface area contributed by atoms with Gasteiger partial charge in [-0.05, 0) is 14.0 Å². The summed E-state index contributed by atoms with van der Waals surface area (Å²) >= 11 is 8.20. The van der Waals surface area contributed by atoms with Crippen LogP contribution in [-0.4, -0.2) is 129 Å². The molecule has 6 atom stereocenters. The van der Waals surface area contributed by atoms with Crippen molar-refractivity contribution in [1.82, 2.24) is 21.3 Å². The van der Waals surface area contributed by atoms with Crippen molar-refractivity contribution in [3.63, 3.8) is 0 Å². The third-order valence-corrected chi connectivity index (χ3v) is 9.02. The highest BCUT2D eigenvalue weighted by Crippen LogP contribution is 2.16. The first-order valence-electron chi connectivity index (χ1n) is 11.9. The maximum Gasteiger partial charge on any atom is 0.244 e. The quantitative estimate of drug-likeness (QED) is 0.0567. The zero-order valence-electron chi connectivity index (χ0n) is 21.8. The average molecular weight is 603 g/mol. The largest absolute Gasteiger partial charge is 0.396 e. The summed E-state index contributed by atoms with van der Waals surface area (Å²) in [6.45, 7) is 4.78. The third kappa shape index (κ3) is 14.3. The van der Waals surface area contributed by atoms with Gasteiger partial charge < -0.3 is 36.6 Å². The van der Waals surface area contributed by atoms with E-state index in [1.807, 2.05) is 6.92 Å². The number of ketones is 1. The van der Waals surface area contributed by atoms with Gasteiger partial charge in [0.05, 0.1) is 31.9 Å². The highest BCUT2D eigenvalue weighted by Gasteiger charge is 2.32. The Kier molecular flexibility index (Phi) is 20.8. The van der Waals surface area contributed by atoms with E-state index in [0.717, 1.165) is 0 Å². The lowest BCUT2D eigenvalue weighted by Gasteiger charge is -2.28. The summed E-state index contributed by atoms with van der Waals surface area (Å²) < 4.78 is 0. The Labute approximate surface area is 237 Å². The molecule has 0 saturated heterocycles. The van der Waals surface area contributed by atoms with Crippen molar-refractivity contribution >= 4 is 71.4 Å². The Morgan fingerprint density at radius 3 is 1.70 bits per heavy atom. The first-order chi connectivity index (χ1) is 17.6. The molecule has 0 aromatic rings. The fourth-order valence-corrected chi connectivity index (χ4v) is 6.11. The van der Waals surface area contributed by atoms with Gasteiger partial charge in [0.2, 0.25) is 17.7 Å². The molecule has 0 fully saturated rings. The molecule has 0 bridgehead atoms. The van der Waals surface area contributed by atoms with E-state index in [-0.39, 0.29) is 47.6 Å². The molecule has 0 aliphatic carbocycles. The summed E-state index contributed by atoms with van der Waals surface area (Å²) in [5.74, 6) is -0.522. The summed E-state index contributed by atoms with van der Waals surface area (Å²) in [4.78, 5) is 51.1. The van der Waals surface area contributed by atoms with E-state index < -0.39 is 41.9 Å². The zero-order chi connectivity index (χ0) is 28.4. The zero-order valence-corrected chi connectivity index (χ0v) is 25.1. The number of aliphatic hydroxyl groups excluding tert-OH is 3. The van der Waals surface area contributed by atoms with Crippen molar-refractivity contribution in [2.45, 2.75) is 55.4 Å². The van der Waals surface area contributed by atoms with E-state index in [4.69, 9.17) is 15.3 Å². The van der Waals surface area contributed by atoms with Gasteiger partial charge in [-0.15, -0.1) is 0 Å². The molecule has 11 nitrogen and oxygen atoms in total. The van der Waals surface area contributed by atoms with Gasteiger partial charge in [-0.25, -0.2) is 0 Å². The number of Topliss-reactive ketones (excluding diaryl/α,β-unsaturated/α-hetero) is 1. The molecule has 0 aromatic carbocycles. The van der Waals surface area contributed by atoms with Crippen LogP contribution in [0.4, 0.5) is 0 Å². The van der Waals surface area contributed by atoms with Gasteiger partial charge in [-0.1, -0.05) is 13.8 Å². The Morgan fingerprint density at radius 1 is 0.757 bits per heavy atom. The van der Waals surface area contributed by atoms with Gasteiger partial charge in [0.25, 0.3) is 0 Å². The number of carbonyl (C=O) groups is 4. The van der Waals surface area contributed by atoms with E-state index >= 15 is 0 Å². The van der Waals surface area contributed by atoms with Crippen molar-refractivity contribution in [2.24, 2.45) is 0 Å². The first-order valence-corrected chi connectivity index (χ1v) is 15.8. The van der Waals surface area contributed by atoms with Crippen LogP contribution in [0, 0.1) is 0 Å². The molecule has 0 radical (unpaired) electrons. The lowest BCUT2D eigenvalue weighted by Crippen LogP contribution is -2.59. The number of hydrogen-bond acceptors (Lipinski definition) is 12. The second kappa shape index (κ2) is 21.2. The molecule has 0 saturated carbocycles. The number of rotatable bonds is 21. The van der Waals surface area contributed by atoms with Crippen LogP contribution in [-0.2, 0) is 19.2 Å². The highest BCUT2D eigenvalue weighted by molar-refractivity contribution is 8.00. The van der Waals surface area contributed by atoms with Crippen molar-refractivity contribution in [3.8, 4) is 0 Å². The number of likely N-dealkylation sites (N-methyl/N-ethyl adjacent to an activating group) is 1. The summed E-state index contributed by atoms with van der Waals surface area (Å²) in [6, 6.07) is -3.50. The number of hydrogen-bond donors (Lipinski definition) is 8. The second-order valence-electron chi connectivity index (χ2n) is 8.07. The Bertz CT molecular complexity index is 708. The van der Waals surface area contributed by atoms with Crippen LogP contribution in [0.3, 0.4) is 0 Å². The molecule has 0 rings (SSSR count). The molecule has 216 valence electrons. The Morgan fingerprint density at radius 2 is 1.24 bits per heavy atom. The van der Waals surface area contributed by atoms with Crippen LogP contribution < -0.4 is 21.3 Å². The second-order valence-corrected chi connectivity index (χ2v) is 12.6. The van der Waals surface area contributed by atoms with Gasteiger partial charge in [-0.2, -0.15) is 47.9 Å². The number of carbonyl (C=O) groups excluding carboxylic acids is 4. The minimum atomic E-state index is -1.03. The molecular formula is C22H42N4O7S4. The average Bonchev–Trinajstić information content (AvgIpc) is 2.86. The molecule has 0 aliphatic rings. The summed E-state index contributed by atoms with van der Waals surface area (Å²) in [6.07, 6.45) is 0. The van der Waals surface area contributed by atoms with Gasteiger partial charge in [0.15, 0.2) is 5.78 Å². The van der Waals surface area contributed by atoms with E-state index in [1.54, 1.807) is 14.0 Å². The maximum atomic E-state index is 13.1. The highest BCUT2D eigenvalue weighted by atomic mass is 32.2. The topological polar surface area (TPSA) is 177 Å². The van der Waals surface area contributed by atoms with E-state index in [1.165, 1.54) is 42.2 Å². The smallest absolute Gasteiger partial charge is 0.244 e. The number of thioether (sulfide) groups is 3. The number of aliphatic hydroxyl groups is 3. The Balaban J connectivity index is 5.47. The summed E-state index contributed by atoms with van der Waals surface area (Å²) in [5.41, 5.74) is 0. The van der Waals surface area contributed by atoms with Crippen molar-refractivity contribution in [1.29, 1.82) is 0 Å². The predicted molar refractivity (Wildman–Crippen MR) is 156 cm³/mol. The molecule has 37 heavy (non-hydrogen) atoms. The number of thiol groups is 1. The van der Waals surface area contributed by atoms with Crippen LogP contribution in [0.5, 0.6) is 0 Å². The predicted octanol–water partition coefficient (Wildman–Crippen LogP) is -1.50. The van der Waals surface area contributed by atoms with E-state index in [0.29, 0.717) is 17.3 Å². The summed E-state index contributed by atoms with van der Waals surface area (Å²) in [7, 11) is 1.63. The molecule has 0 spiro atoms. The molecule has 7 N–H and O–H groups in total. The van der Waals surface area contributed by atoms with Crippen molar-refractivity contribution in [3.05, 3.63) is 0 Å². The first kappa shape index (κ1) is 36.3. The molecule has 0 heterocycles. The summed E-state index contributed by atoms with van der Waals surface area (Å²) in [5, 5.41) is 37.7. The minimum absolute atomic E-state index is 0.0180. The van der Waals surface area contributed by atoms with Crippen LogP contribution in [0.25, 0.3) is 0 Å². The van der Waals surface area contributed by atoms with Gasteiger partial charge in [0.1, 0.15) is 12.1 Å². The molecule has 6 unspecified atom stereocenters. The number of amides is 3. The van der Waals surface area contributed by atoms with E-state index in [9.17, 15) is 19.2 Å². The maximum absolute atomic E-state index is 13.1. The van der Waals surface area contributed by atoms with Crippen LogP contribution in [0.15, 0.2) is 0 Å². The van der Waals surface area contributed by atoms with Crippen molar-refractivity contribution < 1.29 is 34.5 Å². The fraction of sp³-hybridized carbons (Fsp3) is 0.818. The van der Waals surface area contributed by atoms with Crippen LogP contribution >= 0.6 is 47.9 Å². The third-order valence-electron chi connectivity index (χ3n) is 5.18. The SMILES string of the molecule is CNC(C(=O)NC(CS)C(=O)NC(CSCCO)C(=O)NC(C(C)=O)C(C)SCCO)C(C)SCCO. The van der Waals surface area contributed by atoms with Crippen molar-refractivity contribution in [2.75, 3.05) is 55.6 Å². The number of nitrogens with one attached hydrogen (secondary N) is 4. The monoisotopic (exact) mass is 602 g/mol.